The lowest BCUT2D eigenvalue weighted by atomic mass is 10.0. The van der Waals surface area contributed by atoms with E-state index in [0.29, 0.717) is 5.56 Å². The van der Waals surface area contributed by atoms with E-state index in [-0.39, 0.29) is 13.0 Å². The molecule has 0 amide bonds. The molecule has 1 aromatic heterocycles. The van der Waals surface area contributed by atoms with Crippen LogP contribution >= 0.6 is 0 Å². The molecule has 0 aliphatic heterocycles. The van der Waals surface area contributed by atoms with Crippen molar-refractivity contribution in [3.05, 3.63) is 40.0 Å². The average molecular weight is 222 g/mol. The highest BCUT2D eigenvalue weighted by molar-refractivity contribution is 5.24. The van der Waals surface area contributed by atoms with Crippen molar-refractivity contribution in [1.29, 1.82) is 0 Å². The van der Waals surface area contributed by atoms with Gasteiger partial charge in [0.15, 0.2) is 0 Å². The second-order valence-corrected chi connectivity index (χ2v) is 3.49. The molecule has 0 saturated heterocycles. The minimum absolute atomic E-state index is 0.161. The maximum atomic E-state index is 9.84. The molecule has 6 nitrogen and oxygen atoms in total. The standard InChI is InChI=1S/C10H14N4O2/c1-7-2-4-12-6-8(7)10(16)9(15)3-5-13-14-11/h2,4,6,9-10,15-16H,3,5H2,1H3. The molecule has 0 aliphatic carbocycles. The zero-order valence-electron chi connectivity index (χ0n) is 8.98. The van der Waals surface area contributed by atoms with E-state index in [2.05, 4.69) is 15.0 Å². The van der Waals surface area contributed by atoms with Gasteiger partial charge in [-0.25, -0.2) is 0 Å². The largest absolute Gasteiger partial charge is 0.390 e. The fraction of sp³-hybridized carbons (Fsp3) is 0.500. The molecule has 1 heterocycles. The second-order valence-electron chi connectivity index (χ2n) is 3.49. The van der Waals surface area contributed by atoms with Crippen LogP contribution in [0.2, 0.25) is 0 Å². The number of pyridine rings is 1. The highest BCUT2D eigenvalue weighted by Gasteiger charge is 2.19. The van der Waals surface area contributed by atoms with E-state index in [0.717, 1.165) is 5.56 Å². The Labute approximate surface area is 93.2 Å². The number of aliphatic hydroxyl groups is 2. The third-order valence-corrected chi connectivity index (χ3v) is 2.35. The molecule has 2 atom stereocenters. The lowest BCUT2D eigenvalue weighted by Crippen LogP contribution is -2.20. The van der Waals surface area contributed by atoms with Crippen LogP contribution in [0.15, 0.2) is 23.6 Å². The van der Waals surface area contributed by atoms with Crippen LogP contribution in [-0.4, -0.2) is 27.8 Å². The van der Waals surface area contributed by atoms with Crippen LogP contribution in [0.1, 0.15) is 23.7 Å². The Bertz CT molecular complexity index is 390. The summed E-state index contributed by atoms with van der Waals surface area (Å²) in [6.45, 7) is 1.99. The lowest BCUT2D eigenvalue weighted by Gasteiger charge is -2.18. The van der Waals surface area contributed by atoms with Crippen molar-refractivity contribution in [1.82, 2.24) is 4.98 Å². The number of hydrogen-bond donors (Lipinski definition) is 2. The summed E-state index contributed by atoms with van der Waals surface area (Å²) in [7, 11) is 0. The van der Waals surface area contributed by atoms with Crippen molar-refractivity contribution in [2.75, 3.05) is 6.54 Å². The van der Waals surface area contributed by atoms with Crippen molar-refractivity contribution in [3.63, 3.8) is 0 Å². The van der Waals surface area contributed by atoms with Gasteiger partial charge in [-0.1, -0.05) is 5.11 Å². The van der Waals surface area contributed by atoms with E-state index in [1.807, 2.05) is 6.92 Å². The molecule has 6 heteroatoms. The van der Waals surface area contributed by atoms with Gasteiger partial charge in [0.05, 0.1) is 6.10 Å². The molecule has 16 heavy (non-hydrogen) atoms. The Balaban J connectivity index is 2.66. The van der Waals surface area contributed by atoms with Crippen LogP contribution < -0.4 is 0 Å². The molecule has 0 aliphatic rings. The molecule has 2 N–H and O–H groups in total. The van der Waals surface area contributed by atoms with Crippen LogP contribution in [-0.2, 0) is 0 Å². The molecule has 86 valence electrons. The maximum absolute atomic E-state index is 9.84. The first kappa shape index (κ1) is 12.4. The van der Waals surface area contributed by atoms with E-state index in [4.69, 9.17) is 5.53 Å². The predicted octanol–water partition coefficient (Wildman–Crippen LogP) is 1.48. The first-order chi connectivity index (χ1) is 7.66. The van der Waals surface area contributed by atoms with Gasteiger partial charge in [0, 0.05) is 29.4 Å². The van der Waals surface area contributed by atoms with Crippen molar-refractivity contribution in [2.45, 2.75) is 25.6 Å². The summed E-state index contributed by atoms with van der Waals surface area (Å²) in [6.07, 6.45) is 1.42. The molecule has 0 spiro atoms. The van der Waals surface area contributed by atoms with Crippen LogP contribution in [0.5, 0.6) is 0 Å². The summed E-state index contributed by atoms with van der Waals surface area (Å²) in [5.74, 6) is 0. The molecule has 1 aromatic rings. The smallest absolute Gasteiger partial charge is 0.107 e. The third kappa shape index (κ3) is 3.20. The van der Waals surface area contributed by atoms with Gasteiger partial charge in [-0.3, -0.25) is 4.98 Å². The average Bonchev–Trinajstić information content (AvgIpc) is 2.29. The third-order valence-electron chi connectivity index (χ3n) is 2.35. The van der Waals surface area contributed by atoms with Gasteiger partial charge in [0.2, 0.25) is 0 Å². The van der Waals surface area contributed by atoms with Gasteiger partial charge in [0.1, 0.15) is 6.10 Å². The molecular formula is C10H14N4O2. The van der Waals surface area contributed by atoms with E-state index in [1.165, 1.54) is 6.20 Å². The topological polar surface area (TPSA) is 102 Å². The number of aliphatic hydroxyl groups excluding tert-OH is 2. The zero-order valence-corrected chi connectivity index (χ0v) is 8.98. The van der Waals surface area contributed by atoms with E-state index in [9.17, 15) is 10.2 Å². The predicted molar refractivity (Wildman–Crippen MR) is 58.6 cm³/mol. The quantitative estimate of drug-likeness (QED) is 0.448. The highest BCUT2D eigenvalue weighted by atomic mass is 16.3. The van der Waals surface area contributed by atoms with Gasteiger partial charge >= 0.3 is 0 Å². The van der Waals surface area contributed by atoms with Crippen molar-refractivity contribution < 1.29 is 10.2 Å². The molecule has 0 fully saturated rings. The molecule has 1 rings (SSSR count). The Hall–Kier alpha value is -1.62. The maximum Gasteiger partial charge on any atom is 0.107 e. The highest BCUT2D eigenvalue weighted by Crippen LogP contribution is 2.21. The Kier molecular flexibility index (Phi) is 4.72. The van der Waals surface area contributed by atoms with Crippen molar-refractivity contribution in [3.8, 4) is 0 Å². The minimum Gasteiger partial charge on any atom is -0.390 e. The second kappa shape index (κ2) is 6.07. The summed E-state index contributed by atoms with van der Waals surface area (Å²) >= 11 is 0. The zero-order chi connectivity index (χ0) is 12.0. The van der Waals surface area contributed by atoms with Crippen molar-refractivity contribution in [2.24, 2.45) is 5.11 Å². The van der Waals surface area contributed by atoms with Gasteiger partial charge in [-0.15, -0.1) is 0 Å². The van der Waals surface area contributed by atoms with Gasteiger partial charge in [0.25, 0.3) is 0 Å². The van der Waals surface area contributed by atoms with Crippen LogP contribution in [0, 0.1) is 6.92 Å². The molecule has 0 saturated carbocycles. The number of rotatable bonds is 5. The lowest BCUT2D eigenvalue weighted by molar-refractivity contribution is 0.0145. The Morgan fingerprint density at radius 3 is 2.94 bits per heavy atom. The fourth-order valence-corrected chi connectivity index (χ4v) is 1.39. The number of hydrogen-bond acceptors (Lipinski definition) is 4. The molecular weight excluding hydrogens is 208 g/mol. The summed E-state index contributed by atoms with van der Waals surface area (Å²) in [4.78, 5) is 6.47. The SMILES string of the molecule is Cc1ccncc1C(O)C(O)CCN=[N+]=[N-]. The summed E-state index contributed by atoms with van der Waals surface area (Å²) < 4.78 is 0. The number of aryl methyl sites for hydroxylation is 1. The minimum atomic E-state index is -0.998. The summed E-state index contributed by atoms with van der Waals surface area (Å²) in [5, 5.41) is 22.8. The molecule has 2 unspecified atom stereocenters. The number of nitrogens with zero attached hydrogens (tertiary/aromatic N) is 4. The Morgan fingerprint density at radius 1 is 1.56 bits per heavy atom. The molecule has 0 radical (unpaired) electrons. The van der Waals surface area contributed by atoms with Crippen LogP contribution in [0.25, 0.3) is 10.4 Å². The first-order valence-electron chi connectivity index (χ1n) is 4.94. The Morgan fingerprint density at radius 2 is 2.31 bits per heavy atom. The van der Waals surface area contributed by atoms with Crippen LogP contribution in [0.3, 0.4) is 0 Å². The van der Waals surface area contributed by atoms with Gasteiger partial charge in [-0.2, -0.15) is 0 Å². The summed E-state index contributed by atoms with van der Waals surface area (Å²) in [5.41, 5.74) is 9.54. The normalized spacial score (nSPS) is 13.9. The van der Waals surface area contributed by atoms with Gasteiger partial charge in [-0.05, 0) is 30.5 Å². The van der Waals surface area contributed by atoms with Crippen molar-refractivity contribution >= 4 is 0 Å². The summed E-state index contributed by atoms with van der Waals surface area (Å²) in [6, 6.07) is 1.76. The number of aromatic nitrogens is 1. The number of azide groups is 1. The van der Waals surface area contributed by atoms with Gasteiger partial charge < -0.3 is 10.2 Å². The molecule has 0 aromatic carbocycles. The van der Waals surface area contributed by atoms with Crippen LogP contribution in [0.4, 0.5) is 0 Å². The fourth-order valence-electron chi connectivity index (χ4n) is 1.39. The van der Waals surface area contributed by atoms with E-state index < -0.39 is 12.2 Å². The van der Waals surface area contributed by atoms with E-state index >= 15 is 0 Å². The monoisotopic (exact) mass is 222 g/mol. The molecule has 0 bridgehead atoms. The van der Waals surface area contributed by atoms with E-state index in [1.54, 1.807) is 12.3 Å². The first-order valence-corrected chi connectivity index (χ1v) is 4.94.